The predicted molar refractivity (Wildman–Crippen MR) is 97.2 cm³/mol. The Morgan fingerprint density at radius 1 is 1.08 bits per heavy atom. The van der Waals surface area contributed by atoms with Gasteiger partial charge in [0.2, 0.25) is 0 Å². The Balaban J connectivity index is 0.000000251. The maximum absolute atomic E-state index is 10.6. The molecule has 2 rings (SSSR count). The summed E-state index contributed by atoms with van der Waals surface area (Å²) in [6.07, 6.45) is 6.97. The van der Waals surface area contributed by atoms with Crippen LogP contribution in [0.5, 0.6) is 0 Å². The quantitative estimate of drug-likeness (QED) is 0.598. The first-order valence-electron chi connectivity index (χ1n) is 8.83. The molecule has 1 aliphatic carbocycles. The smallest absolute Gasteiger partial charge is 0.320 e. The summed E-state index contributed by atoms with van der Waals surface area (Å²) < 4.78 is 0. The van der Waals surface area contributed by atoms with E-state index in [1.54, 1.807) is 0 Å². The van der Waals surface area contributed by atoms with Gasteiger partial charge in [-0.2, -0.15) is 0 Å². The molecule has 0 spiro atoms. The molecule has 0 saturated heterocycles. The molecule has 1 atom stereocenters. The topological polar surface area (TPSA) is 127 Å². The molecule has 0 heterocycles. The fourth-order valence-electron chi connectivity index (χ4n) is 3.17. The van der Waals surface area contributed by atoms with E-state index in [4.69, 9.17) is 21.7 Å². The number of carboxylic acid groups (broad SMARTS) is 2. The predicted octanol–water partition coefficient (Wildman–Crippen LogP) is 2.40. The maximum Gasteiger partial charge on any atom is 0.320 e. The molecular weight excluding hydrogens is 320 g/mol. The molecule has 1 aromatic rings. The average Bonchev–Trinajstić information content (AvgIpc) is 2.61. The van der Waals surface area contributed by atoms with E-state index in [2.05, 4.69) is 0 Å². The lowest BCUT2D eigenvalue weighted by Crippen LogP contribution is -2.34. The molecule has 1 fully saturated rings. The highest BCUT2D eigenvalue weighted by atomic mass is 16.4. The van der Waals surface area contributed by atoms with Crippen molar-refractivity contribution in [3.63, 3.8) is 0 Å². The van der Waals surface area contributed by atoms with Crippen molar-refractivity contribution in [3.05, 3.63) is 35.9 Å². The number of aliphatic carboxylic acids is 2. The first-order valence-corrected chi connectivity index (χ1v) is 8.83. The molecule has 140 valence electrons. The Bertz CT molecular complexity index is 527. The van der Waals surface area contributed by atoms with E-state index >= 15 is 0 Å². The number of hydrogen-bond donors (Lipinski definition) is 4. The third-order valence-corrected chi connectivity index (χ3v) is 4.78. The van der Waals surface area contributed by atoms with Crippen molar-refractivity contribution in [2.75, 3.05) is 6.54 Å². The molecule has 1 saturated carbocycles. The van der Waals surface area contributed by atoms with Crippen LogP contribution in [-0.2, 0) is 16.0 Å². The highest BCUT2D eigenvalue weighted by molar-refractivity contribution is 5.73. The van der Waals surface area contributed by atoms with Crippen molar-refractivity contribution in [1.29, 1.82) is 0 Å². The average molecular weight is 350 g/mol. The van der Waals surface area contributed by atoms with E-state index in [9.17, 15) is 9.59 Å². The van der Waals surface area contributed by atoms with Gasteiger partial charge in [0.05, 0.1) is 6.42 Å². The lowest BCUT2D eigenvalue weighted by molar-refractivity contribution is -0.140. The molecule has 0 bridgehead atoms. The maximum atomic E-state index is 10.6. The molecule has 0 amide bonds. The number of aryl methyl sites for hydroxylation is 1. The Morgan fingerprint density at radius 3 is 2.16 bits per heavy atom. The molecule has 0 radical (unpaired) electrons. The van der Waals surface area contributed by atoms with Crippen LogP contribution in [0, 0.1) is 5.41 Å². The van der Waals surface area contributed by atoms with Gasteiger partial charge in [-0.15, -0.1) is 0 Å². The molecule has 0 aliphatic heterocycles. The highest BCUT2D eigenvalue weighted by Crippen LogP contribution is 2.38. The zero-order chi connectivity index (χ0) is 18.7. The van der Waals surface area contributed by atoms with Crippen molar-refractivity contribution in [3.8, 4) is 0 Å². The van der Waals surface area contributed by atoms with Crippen LogP contribution in [0.1, 0.15) is 50.5 Å². The summed E-state index contributed by atoms with van der Waals surface area (Å²) >= 11 is 0. The molecule has 6 N–H and O–H groups in total. The summed E-state index contributed by atoms with van der Waals surface area (Å²) in [7, 11) is 0. The largest absolute Gasteiger partial charge is 0.481 e. The van der Waals surface area contributed by atoms with E-state index in [-0.39, 0.29) is 11.8 Å². The molecule has 25 heavy (non-hydrogen) atoms. The highest BCUT2D eigenvalue weighted by Gasteiger charge is 2.32. The van der Waals surface area contributed by atoms with E-state index in [0.29, 0.717) is 19.4 Å². The second-order valence-corrected chi connectivity index (χ2v) is 6.80. The fourth-order valence-corrected chi connectivity index (χ4v) is 3.17. The Hall–Kier alpha value is -1.92. The third kappa shape index (κ3) is 8.14. The molecule has 1 aromatic carbocycles. The van der Waals surface area contributed by atoms with E-state index in [1.807, 2.05) is 30.3 Å². The van der Waals surface area contributed by atoms with Gasteiger partial charge >= 0.3 is 11.9 Å². The third-order valence-electron chi connectivity index (χ3n) is 4.78. The summed E-state index contributed by atoms with van der Waals surface area (Å²) in [6, 6.07) is 8.98. The SMILES string of the molecule is NCC1(CC(=O)O)CCCCC1.N[C@@H](CCc1ccccc1)C(=O)O. The van der Waals surface area contributed by atoms with Crippen LogP contribution in [-0.4, -0.2) is 34.7 Å². The molecule has 0 aromatic heterocycles. The van der Waals surface area contributed by atoms with Crippen LogP contribution in [0.2, 0.25) is 0 Å². The van der Waals surface area contributed by atoms with Gasteiger partial charge in [-0.05, 0) is 43.2 Å². The van der Waals surface area contributed by atoms with E-state index < -0.39 is 18.0 Å². The fraction of sp³-hybridized carbons (Fsp3) is 0.579. The van der Waals surface area contributed by atoms with Crippen LogP contribution in [0.3, 0.4) is 0 Å². The van der Waals surface area contributed by atoms with Gasteiger partial charge in [0.15, 0.2) is 0 Å². The van der Waals surface area contributed by atoms with Crippen LogP contribution >= 0.6 is 0 Å². The lowest BCUT2D eigenvalue weighted by atomic mass is 9.72. The van der Waals surface area contributed by atoms with Crippen LogP contribution in [0.25, 0.3) is 0 Å². The second-order valence-electron chi connectivity index (χ2n) is 6.80. The standard InChI is InChI=1S/C10H13NO2.C9H17NO2/c11-9(10(12)13)7-6-8-4-2-1-3-5-8;10-7-9(6-8(11)12)4-2-1-3-5-9/h1-5,9H,6-7,11H2,(H,12,13);1-7,10H2,(H,11,12)/t9-;/m0./s1. The second kappa shape index (κ2) is 10.8. The van der Waals surface area contributed by atoms with Gasteiger partial charge in [-0.25, -0.2) is 0 Å². The van der Waals surface area contributed by atoms with E-state index in [1.165, 1.54) is 6.42 Å². The summed E-state index contributed by atoms with van der Waals surface area (Å²) in [6.45, 7) is 0.527. The molecule has 6 nitrogen and oxygen atoms in total. The normalized spacial score (nSPS) is 17.0. The molecule has 6 heteroatoms. The lowest BCUT2D eigenvalue weighted by Gasteiger charge is -2.34. The zero-order valence-corrected chi connectivity index (χ0v) is 14.7. The summed E-state index contributed by atoms with van der Waals surface area (Å²) in [5.41, 5.74) is 12.0. The van der Waals surface area contributed by atoms with Gasteiger partial charge < -0.3 is 21.7 Å². The number of hydrogen-bond acceptors (Lipinski definition) is 4. The van der Waals surface area contributed by atoms with Gasteiger partial charge in [0, 0.05) is 0 Å². The van der Waals surface area contributed by atoms with Crippen molar-refractivity contribution in [2.24, 2.45) is 16.9 Å². The Morgan fingerprint density at radius 2 is 1.68 bits per heavy atom. The molecule has 1 aliphatic rings. The van der Waals surface area contributed by atoms with Crippen molar-refractivity contribution < 1.29 is 19.8 Å². The van der Waals surface area contributed by atoms with Gasteiger partial charge in [-0.1, -0.05) is 49.6 Å². The number of carbonyl (C=O) groups is 2. The van der Waals surface area contributed by atoms with Crippen molar-refractivity contribution >= 4 is 11.9 Å². The number of rotatable bonds is 7. The summed E-state index contributed by atoms with van der Waals surface area (Å²) in [5, 5.41) is 17.2. The van der Waals surface area contributed by atoms with Crippen molar-refractivity contribution in [1.82, 2.24) is 0 Å². The molecule has 0 unspecified atom stereocenters. The molecular formula is C19H30N2O4. The number of nitrogens with two attached hydrogens (primary N) is 2. The van der Waals surface area contributed by atoms with Gasteiger partial charge in [0.1, 0.15) is 6.04 Å². The monoisotopic (exact) mass is 350 g/mol. The van der Waals surface area contributed by atoms with Crippen LogP contribution in [0.15, 0.2) is 30.3 Å². The first-order chi connectivity index (χ1) is 11.9. The van der Waals surface area contributed by atoms with Crippen LogP contribution in [0.4, 0.5) is 0 Å². The van der Waals surface area contributed by atoms with E-state index in [0.717, 1.165) is 31.2 Å². The Kier molecular flexibility index (Phi) is 9.16. The minimum Gasteiger partial charge on any atom is -0.481 e. The minimum absolute atomic E-state index is 0.0793. The van der Waals surface area contributed by atoms with Crippen LogP contribution < -0.4 is 11.5 Å². The number of benzene rings is 1. The first kappa shape index (κ1) is 21.1. The minimum atomic E-state index is -0.934. The number of carboxylic acids is 2. The zero-order valence-electron chi connectivity index (χ0n) is 14.7. The summed E-state index contributed by atoms with van der Waals surface area (Å²) in [4.78, 5) is 21.0. The van der Waals surface area contributed by atoms with Gasteiger partial charge in [0.25, 0.3) is 0 Å². The summed E-state index contributed by atoms with van der Waals surface area (Å²) in [5.74, 6) is -1.64. The Labute approximate surface area is 149 Å². The van der Waals surface area contributed by atoms with Crippen molar-refractivity contribution in [2.45, 2.75) is 57.4 Å². The van der Waals surface area contributed by atoms with Gasteiger partial charge in [-0.3, -0.25) is 9.59 Å².